The molecule has 0 N–H and O–H groups in total. The second-order valence-electron chi connectivity index (χ2n) is 4.50. The van der Waals surface area contributed by atoms with Gasteiger partial charge in [0, 0.05) is 21.5 Å². The lowest BCUT2D eigenvalue weighted by molar-refractivity contribution is 0.103. The molecular weight excluding hydrogens is 363 g/mol. The van der Waals surface area contributed by atoms with Gasteiger partial charge in [0.05, 0.1) is 17.2 Å². The fourth-order valence-corrected chi connectivity index (χ4v) is 2.90. The first-order valence-corrected chi connectivity index (χ1v) is 7.56. The van der Waals surface area contributed by atoms with Gasteiger partial charge in [0.25, 0.3) is 0 Å². The number of carbonyl (C=O) groups excluding carboxylic acids is 1. The number of ketones is 1. The normalized spacial score (nSPS) is 12.9. The number of hydrogen-bond donors (Lipinski definition) is 0. The average molecular weight is 372 g/mol. The van der Waals surface area contributed by atoms with Gasteiger partial charge in [-0.15, -0.1) is 0 Å². The Morgan fingerprint density at radius 1 is 1.20 bits per heavy atom. The summed E-state index contributed by atoms with van der Waals surface area (Å²) in [7, 11) is 0. The van der Waals surface area contributed by atoms with E-state index in [0.717, 1.165) is 16.5 Å². The van der Waals surface area contributed by atoms with E-state index >= 15 is 0 Å². The van der Waals surface area contributed by atoms with E-state index in [0.29, 0.717) is 33.5 Å². The summed E-state index contributed by atoms with van der Waals surface area (Å²) in [5.41, 5.74) is 1.98. The third-order valence-electron chi connectivity index (χ3n) is 3.17. The Bertz CT molecular complexity index is 713. The zero-order chi connectivity index (χ0) is 14.3. The highest BCUT2D eigenvalue weighted by Crippen LogP contribution is 2.35. The summed E-state index contributed by atoms with van der Waals surface area (Å²) in [5.74, 6) is 0.499. The van der Waals surface area contributed by atoms with Gasteiger partial charge < -0.3 is 4.74 Å². The lowest BCUT2D eigenvalue weighted by Gasteiger charge is -2.09. The maximum atomic E-state index is 12.6. The van der Waals surface area contributed by atoms with Gasteiger partial charge in [-0.05, 0) is 51.8 Å². The number of ether oxygens (including phenoxy) is 1. The van der Waals surface area contributed by atoms with E-state index in [9.17, 15) is 4.79 Å². The smallest absolute Gasteiger partial charge is 0.196 e. The minimum atomic E-state index is -0.139. The maximum absolute atomic E-state index is 12.6. The highest BCUT2D eigenvalue weighted by molar-refractivity contribution is 9.10. The highest BCUT2D eigenvalue weighted by Gasteiger charge is 2.23. The molecule has 1 aliphatic rings. The van der Waals surface area contributed by atoms with Crippen LogP contribution in [0.3, 0.4) is 0 Å². The van der Waals surface area contributed by atoms with Gasteiger partial charge in [0.2, 0.25) is 0 Å². The van der Waals surface area contributed by atoms with E-state index in [-0.39, 0.29) is 5.78 Å². The Morgan fingerprint density at radius 2 is 2.00 bits per heavy atom. The molecule has 1 aliphatic heterocycles. The lowest BCUT2D eigenvalue weighted by atomic mass is 10.00. The predicted molar refractivity (Wildman–Crippen MR) is 83.2 cm³/mol. The van der Waals surface area contributed by atoms with Gasteiger partial charge in [-0.1, -0.05) is 23.2 Å². The summed E-state index contributed by atoms with van der Waals surface area (Å²) in [6, 6.07) is 8.59. The van der Waals surface area contributed by atoms with Gasteiger partial charge in [-0.2, -0.15) is 0 Å². The molecule has 0 bridgehead atoms. The van der Waals surface area contributed by atoms with Crippen LogP contribution in [0.4, 0.5) is 0 Å². The van der Waals surface area contributed by atoms with Crippen LogP contribution in [0, 0.1) is 0 Å². The Hall–Kier alpha value is -1.03. The SMILES string of the molecule is O=C(c1ccc(Br)c(Cl)c1)c1cc(Cl)cc2c1OCC2. The van der Waals surface area contributed by atoms with Crippen LogP contribution in [0.15, 0.2) is 34.8 Å². The van der Waals surface area contributed by atoms with Crippen molar-refractivity contribution in [2.24, 2.45) is 0 Å². The Kier molecular flexibility index (Phi) is 3.76. The monoisotopic (exact) mass is 370 g/mol. The zero-order valence-electron chi connectivity index (χ0n) is 10.3. The second-order valence-corrected chi connectivity index (χ2v) is 6.20. The van der Waals surface area contributed by atoms with Crippen molar-refractivity contribution in [3.63, 3.8) is 0 Å². The van der Waals surface area contributed by atoms with Crippen LogP contribution in [-0.4, -0.2) is 12.4 Å². The second kappa shape index (κ2) is 5.40. The van der Waals surface area contributed by atoms with Crippen LogP contribution in [0.1, 0.15) is 21.5 Å². The van der Waals surface area contributed by atoms with Crippen molar-refractivity contribution < 1.29 is 9.53 Å². The molecule has 2 aromatic carbocycles. The average Bonchev–Trinajstić information content (AvgIpc) is 2.88. The number of rotatable bonds is 2. The molecule has 0 aliphatic carbocycles. The number of carbonyl (C=O) groups is 1. The summed E-state index contributed by atoms with van der Waals surface area (Å²) >= 11 is 15.4. The third kappa shape index (κ3) is 2.46. The highest BCUT2D eigenvalue weighted by atomic mass is 79.9. The van der Waals surface area contributed by atoms with Crippen LogP contribution in [0.2, 0.25) is 10.0 Å². The third-order valence-corrected chi connectivity index (χ3v) is 4.63. The number of fused-ring (bicyclic) bond motifs is 1. The van der Waals surface area contributed by atoms with Crippen molar-refractivity contribution in [3.8, 4) is 5.75 Å². The number of hydrogen-bond acceptors (Lipinski definition) is 2. The molecule has 3 rings (SSSR count). The molecule has 2 aromatic rings. The van der Waals surface area contributed by atoms with Crippen molar-refractivity contribution in [2.45, 2.75) is 6.42 Å². The minimum absolute atomic E-state index is 0.139. The first kappa shape index (κ1) is 13.9. The molecule has 0 atom stereocenters. The van der Waals surface area contributed by atoms with Crippen molar-refractivity contribution in [1.82, 2.24) is 0 Å². The van der Waals surface area contributed by atoms with Crippen molar-refractivity contribution in [3.05, 3.63) is 61.5 Å². The number of benzene rings is 2. The largest absolute Gasteiger partial charge is 0.492 e. The van der Waals surface area contributed by atoms with Gasteiger partial charge in [-0.3, -0.25) is 4.79 Å². The Morgan fingerprint density at radius 3 is 2.75 bits per heavy atom. The fourth-order valence-electron chi connectivity index (χ4n) is 2.23. The topological polar surface area (TPSA) is 26.3 Å². The molecule has 0 spiro atoms. The molecule has 0 saturated carbocycles. The molecule has 1 heterocycles. The van der Waals surface area contributed by atoms with Crippen LogP contribution in [0.5, 0.6) is 5.75 Å². The van der Waals surface area contributed by atoms with Crippen molar-refractivity contribution in [1.29, 1.82) is 0 Å². The zero-order valence-corrected chi connectivity index (χ0v) is 13.3. The van der Waals surface area contributed by atoms with Gasteiger partial charge >= 0.3 is 0 Å². The molecule has 20 heavy (non-hydrogen) atoms. The summed E-state index contributed by atoms with van der Waals surface area (Å²) in [6.45, 7) is 0.580. The van der Waals surface area contributed by atoms with Gasteiger partial charge in [-0.25, -0.2) is 0 Å². The molecule has 0 saturated heterocycles. The first-order valence-electron chi connectivity index (χ1n) is 6.01. The molecule has 102 valence electrons. The molecule has 0 radical (unpaired) electrons. The molecule has 5 heteroatoms. The lowest BCUT2D eigenvalue weighted by Crippen LogP contribution is -2.04. The predicted octanol–water partition coefficient (Wildman–Crippen LogP) is 4.92. The maximum Gasteiger partial charge on any atom is 0.196 e. The Balaban J connectivity index is 2.09. The van der Waals surface area contributed by atoms with E-state index in [1.807, 2.05) is 6.07 Å². The molecule has 2 nitrogen and oxygen atoms in total. The summed E-state index contributed by atoms with van der Waals surface area (Å²) in [5, 5.41) is 1.04. The van der Waals surface area contributed by atoms with E-state index in [4.69, 9.17) is 27.9 Å². The molecule has 0 aromatic heterocycles. The van der Waals surface area contributed by atoms with Crippen LogP contribution in [0.25, 0.3) is 0 Å². The van der Waals surface area contributed by atoms with Crippen LogP contribution < -0.4 is 4.74 Å². The van der Waals surface area contributed by atoms with Crippen LogP contribution >= 0.6 is 39.1 Å². The standard InChI is InChI=1S/C15H9BrCl2O2/c16-12-2-1-8(6-13(12)18)14(19)11-7-10(17)5-9-3-4-20-15(9)11/h1-2,5-7H,3-4H2. The fraction of sp³-hybridized carbons (Fsp3) is 0.133. The first-order chi connectivity index (χ1) is 9.56. The van der Waals surface area contributed by atoms with Gasteiger partial charge in [0.15, 0.2) is 5.78 Å². The van der Waals surface area contributed by atoms with Crippen LogP contribution in [-0.2, 0) is 6.42 Å². The van der Waals surface area contributed by atoms with E-state index in [1.54, 1.807) is 24.3 Å². The molecule has 0 unspecified atom stereocenters. The van der Waals surface area contributed by atoms with Gasteiger partial charge in [0.1, 0.15) is 5.75 Å². The summed E-state index contributed by atoms with van der Waals surface area (Å²) in [6.07, 6.45) is 0.775. The quantitative estimate of drug-likeness (QED) is 0.700. The number of halogens is 3. The van der Waals surface area contributed by atoms with E-state index in [1.165, 1.54) is 0 Å². The minimum Gasteiger partial charge on any atom is -0.492 e. The van der Waals surface area contributed by atoms with E-state index in [2.05, 4.69) is 15.9 Å². The summed E-state index contributed by atoms with van der Waals surface area (Å²) < 4.78 is 6.31. The Labute approximate surface area is 134 Å². The molecule has 0 amide bonds. The molecular formula is C15H9BrCl2O2. The molecule has 0 fully saturated rings. The summed E-state index contributed by atoms with van der Waals surface area (Å²) in [4.78, 5) is 12.6. The van der Waals surface area contributed by atoms with E-state index < -0.39 is 0 Å². The van der Waals surface area contributed by atoms with Crippen molar-refractivity contribution >= 4 is 44.9 Å². The van der Waals surface area contributed by atoms with Crippen molar-refractivity contribution in [2.75, 3.05) is 6.61 Å².